The molecule has 1 heterocycles. The summed E-state index contributed by atoms with van der Waals surface area (Å²) >= 11 is 1.37. The maximum atomic E-state index is 11.5. The van der Waals surface area contributed by atoms with Gasteiger partial charge < -0.3 is 15.2 Å². The number of phenols is 1. The Morgan fingerprint density at radius 3 is 3.00 bits per heavy atom. The van der Waals surface area contributed by atoms with Gasteiger partial charge in [0.05, 0.1) is 18.6 Å². The number of methoxy groups -OCH3 is 1. The van der Waals surface area contributed by atoms with Gasteiger partial charge in [-0.2, -0.15) is 5.10 Å². The molecule has 1 unspecified atom stereocenters. The van der Waals surface area contributed by atoms with Crippen molar-refractivity contribution in [2.45, 2.75) is 18.6 Å². The summed E-state index contributed by atoms with van der Waals surface area (Å²) in [4.78, 5) is 11.5. The van der Waals surface area contributed by atoms with Crippen LogP contribution in [0.4, 0.5) is 0 Å². The Bertz CT molecular complexity index is 572. The van der Waals surface area contributed by atoms with Gasteiger partial charge in [-0.05, 0) is 30.2 Å². The van der Waals surface area contributed by atoms with E-state index in [-0.39, 0.29) is 16.9 Å². The number of nitrogens with one attached hydrogen (secondary N) is 1. The lowest BCUT2D eigenvalue weighted by Gasteiger charge is -2.02. The monoisotopic (exact) mass is 293 g/mol. The van der Waals surface area contributed by atoms with Crippen LogP contribution in [0.5, 0.6) is 11.5 Å². The average molecular weight is 293 g/mol. The molecular formula is C13H15N3O3S. The van der Waals surface area contributed by atoms with Crippen molar-refractivity contribution >= 4 is 29.1 Å². The van der Waals surface area contributed by atoms with Gasteiger partial charge in [0.15, 0.2) is 16.7 Å². The third-order valence-electron chi connectivity index (χ3n) is 2.71. The summed E-state index contributed by atoms with van der Waals surface area (Å²) in [6, 6.07) is 4.86. The summed E-state index contributed by atoms with van der Waals surface area (Å²) in [6.45, 7) is 1.95. The molecule has 2 N–H and O–H groups in total. The number of amidine groups is 1. The van der Waals surface area contributed by atoms with Crippen molar-refractivity contribution in [2.75, 3.05) is 7.11 Å². The molecule has 6 nitrogen and oxygen atoms in total. The molecule has 1 fully saturated rings. The maximum absolute atomic E-state index is 11.5. The van der Waals surface area contributed by atoms with E-state index in [1.54, 1.807) is 12.1 Å². The number of aromatic hydroxyl groups is 1. The predicted octanol–water partition coefficient (Wildman–Crippen LogP) is 1.73. The molecule has 1 amide bonds. The van der Waals surface area contributed by atoms with Crippen LogP contribution >= 0.6 is 11.8 Å². The number of hydrogen-bond donors (Lipinski definition) is 2. The summed E-state index contributed by atoms with van der Waals surface area (Å²) in [5, 5.41) is 20.4. The minimum absolute atomic E-state index is 0.0299. The van der Waals surface area contributed by atoms with Crippen molar-refractivity contribution in [3.63, 3.8) is 0 Å². The topological polar surface area (TPSA) is 83.3 Å². The molecule has 1 saturated heterocycles. The fourth-order valence-corrected chi connectivity index (χ4v) is 2.50. The second-order valence-electron chi connectivity index (χ2n) is 4.09. The third kappa shape index (κ3) is 3.30. The fourth-order valence-electron chi connectivity index (χ4n) is 1.64. The first-order chi connectivity index (χ1) is 9.63. The lowest BCUT2D eigenvalue weighted by molar-refractivity contribution is -0.118. The van der Waals surface area contributed by atoms with Crippen LogP contribution in [-0.4, -0.2) is 34.8 Å². The molecule has 0 bridgehead atoms. The highest BCUT2D eigenvalue weighted by molar-refractivity contribution is 8.15. The van der Waals surface area contributed by atoms with Crippen LogP contribution in [-0.2, 0) is 4.79 Å². The normalized spacial score (nSPS) is 20.6. The number of phenolic OH excluding ortho intramolecular Hbond substituents is 1. The number of carbonyl (C=O) groups excluding carboxylic acids is 1. The van der Waals surface area contributed by atoms with Crippen LogP contribution < -0.4 is 10.1 Å². The highest BCUT2D eigenvalue weighted by Gasteiger charge is 2.28. The van der Waals surface area contributed by atoms with E-state index in [1.807, 2.05) is 6.92 Å². The molecule has 20 heavy (non-hydrogen) atoms. The summed E-state index contributed by atoms with van der Waals surface area (Å²) in [5.41, 5.74) is 0.741. The highest BCUT2D eigenvalue weighted by atomic mass is 32.2. The zero-order valence-corrected chi connectivity index (χ0v) is 12.0. The van der Waals surface area contributed by atoms with E-state index in [2.05, 4.69) is 15.5 Å². The lowest BCUT2D eigenvalue weighted by atomic mass is 10.2. The van der Waals surface area contributed by atoms with E-state index in [0.29, 0.717) is 10.9 Å². The Balaban J connectivity index is 2.05. The summed E-state index contributed by atoms with van der Waals surface area (Å²) in [7, 11) is 1.48. The van der Waals surface area contributed by atoms with Gasteiger partial charge in [0.2, 0.25) is 5.91 Å². The zero-order valence-electron chi connectivity index (χ0n) is 11.2. The van der Waals surface area contributed by atoms with Crippen LogP contribution in [0.15, 0.2) is 28.4 Å². The number of hydrogen-bond acceptors (Lipinski definition) is 6. The van der Waals surface area contributed by atoms with E-state index < -0.39 is 0 Å². The quantitative estimate of drug-likeness (QED) is 0.654. The van der Waals surface area contributed by atoms with Crippen LogP contribution in [0, 0.1) is 0 Å². The van der Waals surface area contributed by atoms with E-state index in [1.165, 1.54) is 31.2 Å². The second-order valence-corrected chi connectivity index (χ2v) is 5.28. The molecule has 2 rings (SSSR count). The van der Waals surface area contributed by atoms with Crippen molar-refractivity contribution < 1.29 is 14.6 Å². The smallest absolute Gasteiger partial charge is 0.239 e. The molecule has 1 atom stereocenters. The number of ether oxygens (including phenoxy) is 1. The zero-order chi connectivity index (χ0) is 14.5. The molecule has 1 aliphatic rings. The fraction of sp³-hybridized carbons (Fsp3) is 0.308. The molecule has 0 aliphatic carbocycles. The van der Waals surface area contributed by atoms with Crippen molar-refractivity contribution in [3.05, 3.63) is 23.8 Å². The van der Waals surface area contributed by atoms with Crippen LogP contribution in [0.3, 0.4) is 0 Å². The minimum atomic E-state index is -0.0854. The number of thioether (sulfide) groups is 1. The molecule has 1 aromatic carbocycles. The number of carbonyl (C=O) groups is 1. The van der Waals surface area contributed by atoms with Crippen LogP contribution in [0.1, 0.15) is 18.9 Å². The molecule has 7 heteroatoms. The second kappa shape index (κ2) is 6.42. The Labute approximate surface area is 120 Å². The number of nitrogens with zero attached hydrogens (tertiary/aromatic N) is 2. The summed E-state index contributed by atoms with van der Waals surface area (Å²) < 4.78 is 5.00. The number of benzene rings is 1. The predicted molar refractivity (Wildman–Crippen MR) is 79.5 cm³/mol. The molecule has 1 aliphatic heterocycles. The number of rotatable bonds is 4. The highest BCUT2D eigenvalue weighted by Crippen LogP contribution is 2.25. The third-order valence-corrected chi connectivity index (χ3v) is 3.95. The maximum Gasteiger partial charge on any atom is 0.239 e. The first kappa shape index (κ1) is 14.4. The van der Waals surface area contributed by atoms with E-state index in [0.717, 1.165) is 12.0 Å². The standard InChI is InChI=1S/C13H15N3O3S/c1-3-11-12(18)15-13(20-11)16-14-7-8-4-5-9(17)10(6-8)19-2/h4-7,11,17H,3H2,1-2H3,(H,15,16,18). The molecule has 0 spiro atoms. The lowest BCUT2D eigenvalue weighted by Crippen LogP contribution is -2.24. The van der Waals surface area contributed by atoms with Crippen molar-refractivity contribution in [1.29, 1.82) is 0 Å². The SMILES string of the molecule is CCC1SC(=NN=Cc2ccc(O)c(OC)c2)NC1=O. The summed E-state index contributed by atoms with van der Waals surface area (Å²) in [5.74, 6) is 0.411. The molecule has 0 radical (unpaired) electrons. The summed E-state index contributed by atoms with van der Waals surface area (Å²) in [6.07, 6.45) is 2.29. The first-order valence-electron chi connectivity index (χ1n) is 6.09. The van der Waals surface area contributed by atoms with E-state index >= 15 is 0 Å². The van der Waals surface area contributed by atoms with Crippen molar-refractivity contribution in [3.8, 4) is 11.5 Å². The molecule has 106 valence electrons. The van der Waals surface area contributed by atoms with Crippen molar-refractivity contribution in [1.82, 2.24) is 5.32 Å². The van der Waals surface area contributed by atoms with Gasteiger partial charge in [0.25, 0.3) is 0 Å². The molecular weight excluding hydrogens is 278 g/mol. The van der Waals surface area contributed by atoms with Gasteiger partial charge in [-0.1, -0.05) is 18.7 Å². The average Bonchev–Trinajstić information content (AvgIpc) is 2.81. The Morgan fingerprint density at radius 2 is 2.35 bits per heavy atom. The van der Waals surface area contributed by atoms with Gasteiger partial charge >= 0.3 is 0 Å². The largest absolute Gasteiger partial charge is 0.504 e. The van der Waals surface area contributed by atoms with Gasteiger partial charge in [-0.3, -0.25) is 4.79 Å². The van der Waals surface area contributed by atoms with Gasteiger partial charge in [0.1, 0.15) is 0 Å². The molecule has 1 aromatic rings. The van der Waals surface area contributed by atoms with Crippen LogP contribution in [0.25, 0.3) is 0 Å². The van der Waals surface area contributed by atoms with E-state index in [9.17, 15) is 9.90 Å². The van der Waals surface area contributed by atoms with E-state index in [4.69, 9.17) is 4.74 Å². The first-order valence-corrected chi connectivity index (χ1v) is 6.97. The van der Waals surface area contributed by atoms with Gasteiger partial charge in [-0.25, -0.2) is 0 Å². The molecule has 0 saturated carbocycles. The number of amides is 1. The molecule has 0 aromatic heterocycles. The Morgan fingerprint density at radius 1 is 1.55 bits per heavy atom. The Hall–Kier alpha value is -2.02. The van der Waals surface area contributed by atoms with Crippen molar-refractivity contribution in [2.24, 2.45) is 10.2 Å². The van der Waals surface area contributed by atoms with Gasteiger partial charge in [-0.15, -0.1) is 5.10 Å². The minimum Gasteiger partial charge on any atom is -0.504 e. The van der Waals surface area contributed by atoms with Gasteiger partial charge in [0, 0.05) is 0 Å². The Kier molecular flexibility index (Phi) is 4.62. The van der Waals surface area contributed by atoms with Crippen LogP contribution in [0.2, 0.25) is 0 Å².